The first-order valence-corrected chi connectivity index (χ1v) is 9.52. The fourth-order valence-corrected chi connectivity index (χ4v) is 3.79. The van der Waals surface area contributed by atoms with Crippen LogP contribution in [0.1, 0.15) is 43.5 Å². The molecular weight excluding hydrogens is 308 g/mol. The number of ether oxygens (including phenoxy) is 1. The molecule has 0 aliphatic carbocycles. The molecule has 2 aliphatic rings. The first-order chi connectivity index (χ1) is 10.5. The summed E-state index contributed by atoms with van der Waals surface area (Å²) in [5.74, 6) is 1.24. The SMILES string of the molecule is CS(=O)(=O)NC1CCN(Cc2noc([C@@H]3CCCO3)n2)CC1. The normalized spacial score (nSPS) is 24.9. The summed E-state index contributed by atoms with van der Waals surface area (Å²) in [6.45, 7) is 3.01. The molecule has 3 rings (SSSR count). The molecule has 0 amide bonds. The zero-order chi connectivity index (χ0) is 15.6. The molecule has 1 N–H and O–H groups in total. The molecule has 0 bridgehead atoms. The number of aromatic nitrogens is 2. The molecule has 1 atom stereocenters. The number of rotatable bonds is 5. The lowest BCUT2D eigenvalue weighted by molar-refractivity contribution is 0.0835. The van der Waals surface area contributed by atoms with E-state index in [1.165, 1.54) is 6.26 Å². The number of sulfonamides is 1. The minimum absolute atomic E-state index is 0.0268. The summed E-state index contributed by atoms with van der Waals surface area (Å²) in [6, 6.07) is 0.0268. The van der Waals surface area contributed by atoms with E-state index in [-0.39, 0.29) is 12.1 Å². The highest BCUT2D eigenvalue weighted by Crippen LogP contribution is 2.27. The van der Waals surface area contributed by atoms with Crippen molar-refractivity contribution in [1.29, 1.82) is 0 Å². The quantitative estimate of drug-likeness (QED) is 0.836. The van der Waals surface area contributed by atoms with E-state index in [9.17, 15) is 8.42 Å². The predicted molar refractivity (Wildman–Crippen MR) is 78.5 cm³/mol. The Hall–Kier alpha value is -1.03. The Kier molecular flexibility index (Phi) is 4.76. The van der Waals surface area contributed by atoms with Gasteiger partial charge in [-0.1, -0.05) is 5.16 Å². The Morgan fingerprint density at radius 3 is 2.73 bits per heavy atom. The number of hydrogen-bond donors (Lipinski definition) is 1. The highest BCUT2D eigenvalue weighted by molar-refractivity contribution is 7.88. The topological polar surface area (TPSA) is 97.6 Å². The van der Waals surface area contributed by atoms with Crippen molar-refractivity contribution in [2.45, 2.75) is 44.4 Å². The van der Waals surface area contributed by atoms with Gasteiger partial charge in [-0.25, -0.2) is 13.1 Å². The van der Waals surface area contributed by atoms with Crippen LogP contribution in [0.15, 0.2) is 4.52 Å². The van der Waals surface area contributed by atoms with E-state index in [2.05, 4.69) is 19.8 Å². The molecule has 2 aliphatic heterocycles. The molecule has 0 radical (unpaired) electrons. The molecule has 0 aromatic carbocycles. The Labute approximate surface area is 130 Å². The number of hydrogen-bond acceptors (Lipinski definition) is 7. The first kappa shape index (κ1) is 15.9. The molecule has 1 aromatic heterocycles. The van der Waals surface area contributed by atoms with Crippen molar-refractivity contribution in [3.05, 3.63) is 11.7 Å². The average molecular weight is 330 g/mol. The summed E-state index contributed by atoms with van der Waals surface area (Å²) in [4.78, 5) is 6.62. The second kappa shape index (κ2) is 6.61. The maximum Gasteiger partial charge on any atom is 0.255 e. The van der Waals surface area contributed by atoms with Crippen LogP contribution >= 0.6 is 0 Å². The number of piperidine rings is 1. The monoisotopic (exact) mass is 330 g/mol. The van der Waals surface area contributed by atoms with Gasteiger partial charge in [-0.2, -0.15) is 4.98 Å². The van der Waals surface area contributed by atoms with Gasteiger partial charge in [0, 0.05) is 25.7 Å². The minimum Gasteiger partial charge on any atom is -0.368 e. The minimum atomic E-state index is -3.13. The fraction of sp³-hybridized carbons (Fsp3) is 0.846. The van der Waals surface area contributed by atoms with Gasteiger partial charge >= 0.3 is 0 Å². The third-order valence-corrected chi connectivity index (χ3v) is 4.78. The van der Waals surface area contributed by atoms with Crippen molar-refractivity contribution in [3.63, 3.8) is 0 Å². The highest BCUT2D eigenvalue weighted by Gasteiger charge is 2.26. The lowest BCUT2D eigenvalue weighted by Gasteiger charge is -2.30. The van der Waals surface area contributed by atoms with E-state index in [4.69, 9.17) is 9.26 Å². The van der Waals surface area contributed by atoms with Crippen molar-refractivity contribution in [1.82, 2.24) is 19.8 Å². The van der Waals surface area contributed by atoms with Gasteiger partial charge in [0.05, 0.1) is 12.8 Å². The van der Waals surface area contributed by atoms with E-state index >= 15 is 0 Å². The zero-order valence-corrected chi connectivity index (χ0v) is 13.5. The smallest absolute Gasteiger partial charge is 0.255 e. The molecule has 2 fully saturated rings. The molecule has 124 valence electrons. The van der Waals surface area contributed by atoms with Crippen molar-refractivity contribution in [2.24, 2.45) is 0 Å². The molecule has 9 heteroatoms. The zero-order valence-electron chi connectivity index (χ0n) is 12.7. The van der Waals surface area contributed by atoms with E-state index in [0.717, 1.165) is 45.4 Å². The summed E-state index contributed by atoms with van der Waals surface area (Å²) in [6.07, 6.45) is 4.71. The summed E-state index contributed by atoms with van der Waals surface area (Å²) >= 11 is 0. The fourth-order valence-electron chi connectivity index (χ4n) is 2.95. The maximum atomic E-state index is 11.2. The van der Waals surface area contributed by atoms with E-state index in [0.29, 0.717) is 18.3 Å². The third kappa shape index (κ3) is 4.25. The highest BCUT2D eigenvalue weighted by atomic mass is 32.2. The van der Waals surface area contributed by atoms with Crippen LogP contribution in [0, 0.1) is 0 Å². The Balaban J connectivity index is 1.48. The first-order valence-electron chi connectivity index (χ1n) is 7.63. The van der Waals surface area contributed by atoms with Crippen LogP contribution < -0.4 is 4.72 Å². The lowest BCUT2D eigenvalue weighted by atomic mass is 10.1. The van der Waals surface area contributed by atoms with Gasteiger partial charge < -0.3 is 9.26 Å². The number of likely N-dealkylation sites (tertiary alicyclic amines) is 1. The van der Waals surface area contributed by atoms with Crippen molar-refractivity contribution < 1.29 is 17.7 Å². The Bertz CT molecular complexity index is 589. The van der Waals surface area contributed by atoms with E-state index < -0.39 is 10.0 Å². The predicted octanol–water partition coefficient (Wildman–Crippen LogP) is 0.435. The molecule has 0 unspecified atom stereocenters. The molecule has 0 spiro atoms. The molecule has 2 saturated heterocycles. The van der Waals surface area contributed by atoms with Crippen LogP contribution in [-0.4, -0.2) is 55.5 Å². The molecular formula is C13H22N4O4S. The number of nitrogens with one attached hydrogen (secondary N) is 1. The van der Waals surface area contributed by atoms with Gasteiger partial charge in [-0.15, -0.1) is 0 Å². The average Bonchev–Trinajstić information content (AvgIpc) is 3.10. The van der Waals surface area contributed by atoms with E-state index in [1.807, 2.05) is 0 Å². The van der Waals surface area contributed by atoms with Gasteiger partial charge in [-0.3, -0.25) is 4.90 Å². The maximum absolute atomic E-state index is 11.2. The van der Waals surface area contributed by atoms with Gasteiger partial charge in [0.25, 0.3) is 5.89 Å². The Morgan fingerprint density at radius 2 is 2.09 bits per heavy atom. The molecule has 22 heavy (non-hydrogen) atoms. The van der Waals surface area contributed by atoms with Gasteiger partial charge in [0.15, 0.2) is 5.82 Å². The molecule has 3 heterocycles. The van der Waals surface area contributed by atoms with Crippen LogP contribution in [0.3, 0.4) is 0 Å². The summed E-state index contributed by atoms with van der Waals surface area (Å²) in [5, 5.41) is 4.01. The lowest BCUT2D eigenvalue weighted by Crippen LogP contribution is -2.44. The van der Waals surface area contributed by atoms with Gasteiger partial charge in [-0.05, 0) is 25.7 Å². The summed E-state index contributed by atoms with van der Waals surface area (Å²) in [5.41, 5.74) is 0. The Morgan fingerprint density at radius 1 is 1.32 bits per heavy atom. The van der Waals surface area contributed by atoms with Crippen LogP contribution in [0.5, 0.6) is 0 Å². The summed E-state index contributed by atoms with van der Waals surface area (Å²) < 4.78 is 35.9. The summed E-state index contributed by atoms with van der Waals surface area (Å²) in [7, 11) is -3.13. The second-order valence-electron chi connectivity index (χ2n) is 5.99. The van der Waals surface area contributed by atoms with Crippen molar-refractivity contribution in [2.75, 3.05) is 26.0 Å². The van der Waals surface area contributed by atoms with E-state index in [1.54, 1.807) is 0 Å². The van der Waals surface area contributed by atoms with Gasteiger partial charge in [0.2, 0.25) is 10.0 Å². The number of nitrogens with zero attached hydrogens (tertiary/aromatic N) is 3. The standard InChI is InChI=1S/C13H22N4O4S/c1-22(18,19)16-10-4-6-17(7-5-10)9-12-14-13(21-15-12)11-3-2-8-20-11/h10-11,16H,2-9H2,1H3/t11-/m0/s1. The molecule has 1 aromatic rings. The molecule has 8 nitrogen and oxygen atoms in total. The largest absolute Gasteiger partial charge is 0.368 e. The molecule has 0 saturated carbocycles. The van der Waals surface area contributed by atoms with Crippen LogP contribution in [0.4, 0.5) is 0 Å². The second-order valence-corrected chi connectivity index (χ2v) is 7.77. The van der Waals surface area contributed by atoms with Crippen LogP contribution in [-0.2, 0) is 21.3 Å². The van der Waals surface area contributed by atoms with Crippen LogP contribution in [0.2, 0.25) is 0 Å². The van der Waals surface area contributed by atoms with Crippen molar-refractivity contribution >= 4 is 10.0 Å². The van der Waals surface area contributed by atoms with Crippen molar-refractivity contribution in [3.8, 4) is 0 Å². The van der Waals surface area contributed by atoms with Gasteiger partial charge in [0.1, 0.15) is 6.10 Å². The third-order valence-electron chi connectivity index (χ3n) is 4.02. The van der Waals surface area contributed by atoms with Crippen LogP contribution in [0.25, 0.3) is 0 Å².